The summed E-state index contributed by atoms with van der Waals surface area (Å²) in [5.41, 5.74) is 0.950. The topological polar surface area (TPSA) is 73.0 Å². The van der Waals surface area contributed by atoms with Crippen LogP contribution in [0, 0.1) is 12.7 Å². The predicted octanol–water partition coefficient (Wildman–Crippen LogP) is 4.39. The third-order valence-corrected chi connectivity index (χ3v) is 4.87. The molecule has 3 aromatic rings. The zero-order chi connectivity index (χ0) is 18.7. The van der Waals surface area contributed by atoms with E-state index in [2.05, 4.69) is 15.5 Å². The van der Waals surface area contributed by atoms with Gasteiger partial charge in [-0.2, -0.15) is 0 Å². The Morgan fingerprint density at radius 3 is 2.85 bits per heavy atom. The van der Waals surface area contributed by atoms with E-state index in [0.717, 1.165) is 17.4 Å². The van der Waals surface area contributed by atoms with E-state index < -0.39 is 5.82 Å². The monoisotopic (exact) mass is 394 g/mol. The van der Waals surface area contributed by atoms with Crippen LogP contribution in [0.1, 0.15) is 12.7 Å². The maximum absolute atomic E-state index is 13.7. The van der Waals surface area contributed by atoms with Crippen molar-refractivity contribution in [2.24, 2.45) is 0 Å². The Labute approximate surface area is 158 Å². The highest BCUT2D eigenvalue weighted by Crippen LogP contribution is 2.27. The van der Waals surface area contributed by atoms with Gasteiger partial charge in [-0.15, -0.1) is 10.2 Å². The number of benzene rings is 1. The summed E-state index contributed by atoms with van der Waals surface area (Å²) in [6.07, 6.45) is 1.60. The van der Waals surface area contributed by atoms with Crippen molar-refractivity contribution in [2.45, 2.75) is 25.5 Å². The highest BCUT2D eigenvalue weighted by atomic mass is 35.5. The molecule has 26 heavy (non-hydrogen) atoms. The molecule has 3 rings (SSSR count). The second-order valence-electron chi connectivity index (χ2n) is 5.40. The molecule has 0 aliphatic rings. The van der Waals surface area contributed by atoms with Crippen LogP contribution in [0.5, 0.6) is 0 Å². The maximum atomic E-state index is 13.7. The number of hydrogen-bond donors (Lipinski definition) is 1. The third kappa shape index (κ3) is 3.91. The zero-order valence-electron chi connectivity index (χ0n) is 14.1. The molecule has 9 heteroatoms. The van der Waals surface area contributed by atoms with Crippen molar-refractivity contribution in [3.05, 3.63) is 47.1 Å². The van der Waals surface area contributed by atoms with Gasteiger partial charge in [-0.05, 0) is 38.1 Å². The second kappa shape index (κ2) is 7.92. The molecule has 0 saturated heterocycles. The lowest BCUT2D eigenvalue weighted by molar-refractivity contribution is -0.113. The van der Waals surface area contributed by atoms with E-state index in [1.807, 2.05) is 24.5 Å². The number of thioether (sulfide) groups is 1. The summed E-state index contributed by atoms with van der Waals surface area (Å²) in [5, 5.41) is 11.8. The largest absolute Gasteiger partial charge is 0.469 e. The molecule has 0 aliphatic carbocycles. The first-order chi connectivity index (χ1) is 12.5. The molecule has 0 atom stereocenters. The molecular weight excluding hydrogens is 379 g/mol. The first-order valence-corrected chi connectivity index (χ1v) is 9.21. The van der Waals surface area contributed by atoms with Gasteiger partial charge >= 0.3 is 0 Å². The Morgan fingerprint density at radius 2 is 2.19 bits per heavy atom. The fraction of sp³-hybridized carbons (Fsp3) is 0.235. The Hall–Kier alpha value is -2.32. The number of amides is 1. The number of halogens is 2. The molecule has 1 amide bonds. The van der Waals surface area contributed by atoms with Crippen molar-refractivity contribution in [1.29, 1.82) is 0 Å². The lowest BCUT2D eigenvalue weighted by Crippen LogP contribution is -2.15. The molecular formula is C17H16ClFN4O2S. The van der Waals surface area contributed by atoms with Crippen molar-refractivity contribution in [2.75, 3.05) is 11.1 Å². The summed E-state index contributed by atoms with van der Waals surface area (Å²) >= 11 is 6.93. The molecule has 1 N–H and O–H groups in total. The molecule has 0 saturated carbocycles. The molecule has 0 bridgehead atoms. The number of hydrogen-bond acceptors (Lipinski definition) is 5. The minimum atomic E-state index is -0.578. The molecule has 2 aromatic heterocycles. The van der Waals surface area contributed by atoms with Gasteiger partial charge in [0.15, 0.2) is 11.0 Å². The molecule has 136 valence electrons. The number of nitrogens with one attached hydrogen (secondary N) is 1. The molecule has 0 aliphatic heterocycles. The van der Waals surface area contributed by atoms with Gasteiger partial charge in [0.25, 0.3) is 0 Å². The van der Waals surface area contributed by atoms with E-state index in [4.69, 9.17) is 16.0 Å². The highest BCUT2D eigenvalue weighted by molar-refractivity contribution is 7.99. The van der Waals surface area contributed by atoms with Crippen molar-refractivity contribution >= 4 is 35.0 Å². The Balaban J connectivity index is 1.69. The smallest absolute Gasteiger partial charge is 0.234 e. The van der Waals surface area contributed by atoms with Crippen molar-refractivity contribution in [1.82, 2.24) is 14.8 Å². The molecule has 0 spiro atoms. The van der Waals surface area contributed by atoms with E-state index in [1.54, 1.807) is 6.26 Å². The first kappa shape index (κ1) is 18.5. The minimum Gasteiger partial charge on any atom is -0.469 e. The molecule has 6 nitrogen and oxygen atoms in total. The van der Waals surface area contributed by atoms with Crippen LogP contribution in [0.3, 0.4) is 0 Å². The summed E-state index contributed by atoms with van der Waals surface area (Å²) < 4.78 is 21.0. The van der Waals surface area contributed by atoms with Crippen molar-refractivity contribution in [3.8, 4) is 11.4 Å². The number of furan rings is 1. The predicted molar refractivity (Wildman–Crippen MR) is 98.9 cm³/mol. The summed E-state index contributed by atoms with van der Waals surface area (Å²) in [6, 6.07) is 5.92. The number of carbonyl (C=O) groups excluding carboxylic acids is 1. The molecule has 0 unspecified atom stereocenters. The fourth-order valence-electron chi connectivity index (χ4n) is 2.40. The van der Waals surface area contributed by atoms with Gasteiger partial charge in [0.1, 0.15) is 11.6 Å². The standard InChI is InChI=1S/C17H16ClFN4O2S/c1-3-23-16(12-6-7-25-10(12)2)21-22-17(23)26-9-15(24)20-14-5-4-11(18)8-13(14)19/h4-8H,3,9H2,1-2H3,(H,20,24). The van der Waals surface area contributed by atoms with Gasteiger partial charge in [-0.1, -0.05) is 23.4 Å². The average molecular weight is 395 g/mol. The van der Waals surface area contributed by atoms with Crippen molar-refractivity contribution < 1.29 is 13.6 Å². The highest BCUT2D eigenvalue weighted by Gasteiger charge is 2.17. The Kier molecular flexibility index (Phi) is 5.63. The van der Waals surface area contributed by atoms with E-state index >= 15 is 0 Å². The normalized spacial score (nSPS) is 10.9. The van der Waals surface area contributed by atoms with Crippen LogP contribution in [0.25, 0.3) is 11.4 Å². The molecule has 1 aromatic carbocycles. The summed E-state index contributed by atoms with van der Waals surface area (Å²) in [4.78, 5) is 12.1. The number of carbonyl (C=O) groups is 1. The van der Waals surface area contributed by atoms with Gasteiger partial charge in [-0.3, -0.25) is 4.79 Å². The third-order valence-electron chi connectivity index (χ3n) is 3.67. The zero-order valence-corrected chi connectivity index (χ0v) is 15.7. The van der Waals surface area contributed by atoms with Gasteiger partial charge in [-0.25, -0.2) is 4.39 Å². The first-order valence-electron chi connectivity index (χ1n) is 7.85. The van der Waals surface area contributed by atoms with Gasteiger partial charge < -0.3 is 14.3 Å². The maximum Gasteiger partial charge on any atom is 0.234 e. The molecule has 2 heterocycles. The summed E-state index contributed by atoms with van der Waals surface area (Å²) in [5.74, 6) is 0.586. The summed E-state index contributed by atoms with van der Waals surface area (Å²) in [6.45, 7) is 4.46. The average Bonchev–Trinajstić information content (AvgIpc) is 3.20. The van der Waals surface area contributed by atoms with Crippen LogP contribution in [0.4, 0.5) is 10.1 Å². The van der Waals surface area contributed by atoms with Crippen LogP contribution in [0.15, 0.2) is 40.1 Å². The number of anilines is 1. The fourth-order valence-corrected chi connectivity index (χ4v) is 3.37. The number of aromatic nitrogens is 3. The van der Waals surface area contributed by atoms with Crippen LogP contribution >= 0.6 is 23.4 Å². The van der Waals surface area contributed by atoms with E-state index in [9.17, 15) is 9.18 Å². The lowest BCUT2D eigenvalue weighted by Gasteiger charge is -2.08. The molecule has 0 radical (unpaired) electrons. The van der Waals surface area contributed by atoms with Crippen LogP contribution < -0.4 is 5.32 Å². The number of nitrogens with zero attached hydrogens (tertiary/aromatic N) is 3. The minimum absolute atomic E-state index is 0.0740. The van der Waals surface area contributed by atoms with E-state index in [-0.39, 0.29) is 22.4 Å². The van der Waals surface area contributed by atoms with Crippen LogP contribution in [0.2, 0.25) is 5.02 Å². The number of rotatable bonds is 6. The Bertz CT molecular complexity index is 941. The quantitative estimate of drug-likeness (QED) is 0.628. The Morgan fingerprint density at radius 1 is 1.38 bits per heavy atom. The van der Waals surface area contributed by atoms with Crippen LogP contribution in [-0.4, -0.2) is 26.4 Å². The number of aryl methyl sites for hydroxylation is 1. The van der Waals surface area contributed by atoms with Crippen LogP contribution in [-0.2, 0) is 11.3 Å². The van der Waals surface area contributed by atoms with E-state index in [1.165, 1.54) is 23.9 Å². The summed E-state index contributed by atoms with van der Waals surface area (Å²) in [7, 11) is 0. The lowest BCUT2D eigenvalue weighted by atomic mass is 10.2. The van der Waals surface area contributed by atoms with Crippen molar-refractivity contribution in [3.63, 3.8) is 0 Å². The molecule has 0 fully saturated rings. The van der Waals surface area contributed by atoms with Gasteiger partial charge in [0.2, 0.25) is 5.91 Å². The SMILES string of the molecule is CCn1c(SCC(=O)Nc2ccc(Cl)cc2F)nnc1-c1ccoc1C. The van der Waals surface area contributed by atoms with E-state index in [0.29, 0.717) is 17.5 Å². The van der Waals surface area contributed by atoms with Gasteiger partial charge in [0, 0.05) is 11.6 Å². The second-order valence-corrected chi connectivity index (χ2v) is 6.78. The van der Waals surface area contributed by atoms with Gasteiger partial charge in [0.05, 0.1) is 23.3 Å².